The van der Waals surface area contributed by atoms with Gasteiger partial charge < -0.3 is 4.98 Å². The number of aryl methyl sites for hydroxylation is 3. The minimum Gasteiger partial charge on any atom is -0.358 e. The summed E-state index contributed by atoms with van der Waals surface area (Å²) in [5.41, 5.74) is 5.73. The molecule has 0 spiro atoms. The molecule has 2 aromatic rings. The lowest BCUT2D eigenvalue weighted by Gasteiger charge is -2.11. The van der Waals surface area contributed by atoms with Crippen molar-refractivity contribution in [1.82, 2.24) is 4.98 Å². The highest BCUT2D eigenvalue weighted by atomic mass is 14.7. The molecule has 0 saturated heterocycles. The minimum absolute atomic E-state index is 0.692. The number of aromatic nitrogens is 1. The summed E-state index contributed by atoms with van der Waals surface area (Å²) in [6.07, 6.45) is 0. The Labute approximate surface area is 86.7 Å². The van der Waals surface area contributed by atoms with Crippen molar-refractivity contribution >= 4 is 37.5 Å². The molecular formula is C11H11B2N. The van der Waals surface area contributed by atoms with E-state index in [1.165, 1.54) is 5.39 Å². The molecule has 2 rings (SSSR count). The van der Waals surface area contributed by atoms with Crippen LogP contribution in [-0.4, -0.2) is 20.7 Å². The van der Waals surface area contributed by atoms with Crippen molar-refractivity contribution in [3.05, 3.63) is 22.9 Å². The molecule has 3 heteroatoms. The fourth-order valence-electron chi connectivity index (χ4n) is 1.86. The van der Waals surface area contributed by atoms with Crippen LogP contribution in [0.1, 0.15) is 16.8 Å². The van der Waals surface area contributed by atoms with Gasteiger partial charge in [-0.1, -0.05) is 10.9 Å². The minimum atomic E-state index is 0.692. The van der Waals surface area contributed by atoms with Gasteiger partial charge in [0.25, 0.3) is 0 Å². The number of hydrogen-bond donors (Lipinski definition) is 1. The van der Waals surface area contributed by atoms with Crippen molar-refractivity contribution in [1.29, 1.82) is 0 Å². The number of hydrogen-bond acceptors (Lipinski definition) is 0. The molecule has 0 aliphatic rings. The van der Waals surface area contributed by atoms with Gasteiger partial charge in [0.05, 0.1) is 0 Å². The molecule has 0 amide bonds. The summed E-state index contributed by atoms with van der Waals surface area (Å²) in [4.78, 5) is 3.30. The van der Waals surface area contributed by atoms with Gasteiger partial charge in [-0.15, -0.1) is 0 Å². The van der Waals surface area contributed by atoms with Crippen LogP contribution in [0.3, 0.4) is 0 Å². The van der Waals surface area contributed by atoms with Crippen LogP contribution >= 0.6 is 0 Å². The third kappa shape index (κ3) is 1.12. The first-order valence-corrected chi connectivity index (χ1v) is 4.65. The van der Waals surface area contributed by atoms with Gasteiger partial charge in [-0.05, 0) is 38.0 Å². The summed E-state index contributed by atoms with van der Waals surface area (Å²) in [6, 6.07) is 2.10. The maximum atomic E-state index is 5.92. The monoisotopic (exact) mass is 179 g/mol. The molecule has 1 aromatic heterocycles. The lowest BCUT2D eigenvalue weighted by Crippen LogP contribution is -2.30. The van der Waals surface area contributed by atoms with E-state index >= 15 is 0 Å². The van der Waals surface area contributed by atoms with Crippen molar-refractivity contribution < 1.29 is 0 Å². The largest absolute Gasteiger partial charge is 0.358 e. The van der Waals surface area contributed by atoms with Gasteiger partial charge >= 0.3 is 0 Å². The molecule has 0 aliphatic heterocycles. The van der Waals surface area contributed by atoms with E-state index in [0.717, 1.165) is 22.3 Å². The molecule has 0 atom stereocenters. The molecule has 0 saturated carbocycles. The van der Waals surface area contributed by atoms with Crippen LogP contribution in [-0.2, 0) is 0 Å². The standard InChI is InChI=1S/C11H11B2N/c1-5-4-8-6(2)9(12)10(13)7(3)11(8)14-5/h4,14H,1-3H3. The third-order valence-corrected chi connectivity index (χ3v) is 2.83. The van der Waals surface area contributed by atoms with Gasteiger partial charge in [-0.3, -0.25) is 0 Å². The van der Waals surface area contributed by atoms with Gasteiger partial charge in [0, 0.05) is 16.6 Å². The first-order chi connectivity index (χ1) is 6.52. The number of nitrogens with one attached hydrogen (secondary N) is 1. The number of rotatable bonds is 0. The first-order valence-electron chi connectivity index (χ1n) is 4.65. The maximum absolute atomic E-state index is 5.92. The zero-order chi connectivity index (χ0) is 10.5. The predicted molar refractivity (Wildman–Crippen MR) is 63.3 cm³/mol. The molecule has 0 bridgehead atoms. The van der Waals surface area contributed by atoms with Crippen molar-refractivity contribution in [2.45, 2.75) is 20.8 Å². The molecular weight excluding hydrogens is 168 g/mol. The van der Waals surface area contributed by atoms with Crippen LogP contribution in [0.4, 0.5) is 0 Å². The number of benzene rings is 1. The highest BCUT2D eigenvalue weighted by Crippen LogP contribution is 2.19. The van der Waals surface area contributed by atoms with E-state index in [1.54, 1.807) is 0 Å². The number of fused-ring (bicyclic) bond motifs is 1. The van der Waals surface area contributed by atoms with Gasteiger partial charge in [0.1, 0.15) is 15.7 Å². The molecule has 1 aromatic carbocycles. The van der Waals surface area contributed by atoms with Crippen molar-refractivity contribution in [3.63, 3.8) is 0 Å². The second kappa shape index (κ2) is 2.94. The molecule has 4 radical (unpaired) electrons. The Kier molecular flexibility index (Phi) is 1.99. The van der Waals surface area contributed by atoms with Crippen LogP contribution in [0.2, 0.25) is 0 Å². The molecule has 0 fully saturated rings. The normalized spacial score (nSPS) is 11.1. The Morgan fingerprint density at radius 3 is 2.21 bits per heavy atom. The summed E-state index contributed by atoms with van der Waals surface area (Å²) in [7, 11) is 11.8. The summed E-state index contributed by atoms with van der Waals surface area (Å²) < 4.78 is 0. The predicted octanol–water partition coefficient (Wildman–Crippen LogP) is 0.681. The SMILES string of the molecule is [B]c1c([B])c(C)c2[nH]c(C)cc2c1C. The van der Waals surface area contributed by atoms with Gasteiger partial charge in [-0.25, -0.2) is 0 Å². The van der Waals surface area contributed by atoms with Crippen LogP contribution in [0.15, 0.2) is 6.07 Å². The lowest BCUT2D eigenvalue weighted by molar-refractivity contribution is 1.29. The lowest BCUT2D eigenvalue weighted by atomic mass is 9.74. The third-order valence-electron chi connectivity index (χ3n) is 2.83. The molecule has 0 aliphatic carbocycles. The average Bonchev–Trinajstić information content (AvgIpc) is 2.54. The van der Waals surface area contributed by atoms with Gasteiger partial charge in [0.2, 0.25) is 0 Å². The van der Waals surface area contributed by atoms with E-state index in [4.69, 9.17) is 15.7 Å². The second-order valence-corrected chi connectivity index (χ2v) is 3.82. The molecule has 0 unspecified atom stereocenters. The van der Waals surface area contributed by atoms with Crippen molar-refractivity contribution in [2.24, 2.45) is 0 Å². The first kappa shape index (κ1) is 9.45. The topological polar surface area (TPSA) is 15.8 Å². The maximum Gasteiger partial charge on any atom is 0.113 e. The summed E-state index contributed by atoms with van der Waals surface area (Å²) >= 11 is 0. The fraction of sp³-hybridized carbons (Fsp3) is 0.273. The van der Waals surface area contributed by atoms with E-state index in [0.29, 0.717) is 10.9 Å². The van der Waals surface area contributed by atoms with Gasteiger partial charge in [0.15, 0.2) is 0 Å². The van der Waals surface area contributed by atoms with Crippen molar-refractivity contribution in [3.8, 4) is 0 Å². The van der Waals surface area contributed by atoms with Crippen LogP contribution in [0, 0.1) is 20.8 Å². The molecule has 1 nitrogen and oxygen atoms in total. The fourth-order valence-corrected chi connectivity index (χ4v) is 1.86. The van der Waals surface area contributed by atoms with Crippen molar-refractivity contribution in [2.75, 3.05) is 0 Å². The smallest absolute Gasteiger partial charge is 0.113 e. The summed E-state index contributed by atoms with van der Waals surface area (Å²) in [5.74, 6) is 0. The van der Waals surface area contributed by atoms with Crippen LogP contribution in [0.25, 0.3) is 10.9 Å². The second-order valence-electron chi connectivity index (χ2n) is 3.82. The highest BCUT2D eigenvalue weighted by Gasteiger charge is 2.09. The summed E-state index contributed by atoms with van der Waals surface area (Å²) in [6.45, 7) is 6.02. The average molecular weight is 179 g/mol. The molecule has 1 heterocycles. The zero-order valence-corrected chi connectivity index (χ0v) is 8.73. The number of aromatic amines is 1. The Hall–Kier alpha value is -1.11. The molecule has 66 valence electrons. The highest BCUT2D eigenvalue weighted by molar-refractivity contribution is 6.51. The van der Waals surface area contributed by atoms with E-state index in [2.05, 4.69) is 11.1 Å². The Bertz CT molecular complexity index is 467. The number of H-pyrrole nitrogens is 1. The van der Waals surface area contributed by atoms with E-state index in [-0.39, 0.29) is 0 Å². The van der Waals surface area contributed by atoms with E-state index < -0.39 is 0 Å². The zero-order valence-electron chi connectivity index (χ0n) is 8.73. The molecule has 1 N–H and O–H groups in total. The molecule has 14 heavy (non-hydrogen) atoms. The van der Waals surface area contributed by atoms with Crippen LogP contribution < -0.4 is 10.9 Å². The Balaban J connectivity index is 3.01. The summed E-state index contributed by atoms with van der Waals surface area (Å²) in [5, 5.41) is 1.17. The van der Waals surface area contributed by atoms with Crippen LogP contribution in [0.5, 0.6) is 0 Å². The van der Waals surface area contributed by atoms with E-state index in [1.807, 2.05) is 20.8 Å². The quantitative estimate of drug-likeness (QED) is 0.572. The Morgan fingerprint density at radius 2 is 1.57 bits per heavy atom. The van der Waals surface area contributed by atoms with E-state index in [9.17, 15) is 0 Å². The van der Waals surface area contributed by atoms with Gasteiger partial charge in [-0.2, -0.15) is 0 Å². The Morgan fingerprint density at radius 1 is 1.00 bits per heavy atom.